The maximum absolute atomic E-state index is 14.1. The third kappa shape index (κ3) is 3.56. The third-order valence-corrected chi connectivity index (χ3v) is 8.07. The first-order valence-corrected chi connectivity index (χ1v) is 13.1. The number of hydrogen-bond acceptors (Lipinski definition) is 7. The van der Waals surface area contributed by atoms with Crippen LogP contribution in [0.15, 0.2) is 48.0 Å². The molecular weight excluding hydrogens is 486 g/mol. The molecule has 9 nitrogen and oxygen atoms in total. The zero-order chi connectivity index (χ0) is 26.6. The number of rotatable bonds is 5. The number of likely N-dealkylation sites (tertiary alicyclic amines) is 1. The van der Waals surface area contributed by atoms with Crippen LogP contribution in [-0.4, -0.2) is 85.0 Å². The number of nitrogens with zero attached hydrogens (tertiary/aromatic N) is 3. The first kappa shape index (κ1) is 24.6. The summed E-state index contributed by atoms with van der Waals surface area (Å²) in [7, 11) is 1.64. The van der Waals surface area contributed by atoms with Crippen LogP contribution in [0.1, 0.15) is 30.0 Å². The number of anilines is 1. The summed E-state index contributed by atoms with van der Waals surface area (Å²) in [5, 5.41) is 11.7. The largest absolute Gasteiger partial charge is 0.507 e. The molecular formula is C29H31N3O6. The molecule has 0 aliphatic carbocycles. The number of para-hydroxylation sites is 1. The second kappa shape index (κ2) is 9.25. The van der Waals surface area contributed by atoms with E-state index in [4.69, 9.17) is 9.47 Å². The molecule has 2 unspecified atom stereocenters. The normalized spacial score (nSPS) is 26.3. The van der Waals surface area contributed by atoms with E-state index in [1.807, 2.05) is 13.0 Å². The number of carbonyl (C=O) groups is 3. The van der Waals surface area contributed by atoms with Crippen molar-refractivity contribution in [2.75, 3.05) is 51.3 Å². The van der Waals surface area contributed by atoms with Gasteiger partial charge in [-0.2, -0.15) is 0 Å². The van der Waals surface area contributed by atoms with Crippen LogP contribution in [0.2, 0.25) is 0 Å². The number of Topliss-reactive ketones (excluding diaryl/α,β-unsaturated/α-hetero) is 1. The van der Waals surface area contributed by atoms with E-state index < -0.39 is 23.1 Å². The number of benzene rings is 2. The van der Waals surface area contributed by atoms with Gasteiger partial charge in [-0.1, -0.05) is 18.2 Å². The lowest BCUT2D eigenvalue weighted by atomic mass is 9.81. The van der Waals surface area contributed by atoms with Crippen molar-refractivity contribution in [3.63, 3.8) is 0 Å². The molecule has 4 aliphatic heterocycles. The topological polar surface area (TPSA) is 99.6 Å². The first-order chi connectivity index (χ1) is 18.3. The van der Waals surface area contributed by atoms with Gasteiger partial charge in [-0.25, -0.2) is 0 Å². The molecule has 1 spiro atoms. The highest BCUT2D eigenvalue weighted by Crippen LogP contribution is 2.53. The molecule has 0 aromatic heterocycles. The summed E-state index contributed by atoms with van der Waals surface area (Å²) < 4.78 is 11.2. The molecule has 0 radical (unpaired) electrons. The van der Waals surface area contributed by atoms with E-state index in [2.05, 4.69) is 4.90 Å². The van der Waals surface area contributed by atoms with Crippen molar-refractivity contribution in [3.05, 3.63) is 64.7 Å². The molecule has 2 amide bonds. The van der Waals surface area contributed by atoms with Crippen LogP contribution in [0.25, 0.3) is 5.76 Å². The summed E-state index contributed by atoms with van der Waals surface area (Å²) in [6.07, 6.45) is 1.25. The Morgan fingerprint density at radius 1 is 1.08 bits per heavy atom. The molecule has 0 bridgehead atoms. The van der Waals surface area contributed by atoms with Crippen molar-refractivity contribution in [1.82, 2.24) is 9.80 Å². The van der Waals surface area contributed by atoms with Gasteiger partial charge in [0.1, 0.15) is 17.6 Å². The zero-order valence-electron chi connectivity index (χ0n) is 21.6. The predicted molar refractivity (Wildman–Crippen MR) is 140 cm³/mol. The number of fused-ring (bicyclic) bond motifs is 3. The minimum Gasteiger partial charge on any atom is -0.507 e. The Hall–Kier alpha value is -3.69. The van der Waals surface area contributed by atoms with Gasteiger partial charge in [0.25, 0.3) is 17.6 Å². The maximum atomic E-state index is 14.1. The van der Waals surface area contributed by atoms with Crippen molar-refractivity contribution < 1.29 is 29.0 Å². The summed E-state index contributed by atoms with van der Waals surface area (Å²) in [4.78, 5) is 46.5. The van der Waals surface area contributed by atoms with E-state index in [-0.39, 0.29) is 24.0 Å². The fourth-order valence-electron chi connectivity index (χ4n) is 6.26. The van der Waals surface area contributed by atoms with Gasteiger partial charge in [0.15, 0.2) is 5.54 Å². The molecule has 2 fully saturated rings. The van der Waals surface area contributed by atoms with Crippen molar-refractivity contribution in [2.24, 2.45) is 0 Å². The van der Waals surface area contributed by atoms with Crippen LogP contribution in [0, 0.1) is 0 Å². The van der Waals surface area contributed by atoms with Gasteiger partial charge >= 0.3 is 0 Å². The van der Waals surface area contributed by atoms with Crippen molar-refractivity contribution in [1.29, 1.82) is 0 Å². The van der Waals surface area contributed by atoms with Crippen LogP contribution in [0.5, 0.6) is 5.75 Å². The first-order valence-electron chi connectivity index (χ1n) is 13.1. The Labute approximate surface area is 221 Å². The number of aliphatic hydroxyl groups excluding tert-OH is 1. The van der Waals surface area contributed by atoms with E-state index in [9.17, 15) is 19.5 Å². The minimum atomic E-state index is -1.72. The average Bonchev–Trinajstić information content (AvgIpc) is 3.49. The van der Waals surface area contributed by atoms with E-state index in [0.29, 0.717) is 49.4 Å². The van der Waals surface area contributed by atoms with Gasteiger partial charge in [-0.3, -0.25) is 19.3 Å². The Morgan fingerprint density at radius 2 is 1.84 bits per heavy atom. The number of ether oxygens (including phenoxy) is 2. The smallest absolute Gasteiger partial charge is 0.296 e. The molecule has 6 rings (SSSR count). The average molecular weight is 518 g/mol. The van der Waals surface area contributed by atoms with Crippen LogP contribution >= 0.6 is 0 Å². The Kier molecular flexibility index (Phi) is 6.00. The summed E-state index contributed by atoms with van der Waals surface area (Å²) in [5.74, 6) is -1.67. The van der Waals surface area contributed by atoms with Crippen molar-refractivity contribution in [3.8, 4) is 5.75 Å². The Morgan fingerprint density at radius 3 is 2.63 bits per heavy atom. The van der Waals surface area contributed by atoms with Gasteiger partial charge in [-0.15, -0.1) is 0 Å². The lowest BCUT2D eigenvalue weighted by molar-refractivity contribution is -0.143. The highest BCUT2D eigenvalue weighted by Gasteiger charge is 2.66. The molecule has 38 heavy (non-hydrogen) atoms. The van der Waals surface area contributed by atoms with E-state index in [0.717, 1.165) is 24.4 Å². The molecule has 4 aliphatic rings. The van der Waals surface area contributed by atoms with Gasteiger partial charge in [0.05, 0.1) is 18.8 Å². The molecule has 0 saturated carbocycles. The monoisotopic (exact) mass is 517 g/mol. The van der Waals surface area contributed by atoms with Gasteiger partial charge < -0.3 is 24.4 Å². The fourth-order valence-corrected chi connectivity index (χ4v) is 6.26. The number of ketones is 1. The zero-order valence-corrected chi connectivity index (χ0v) is 21.6. The summed E-state index contributed by atoms with van der Waals surface area (Å²) >= 11 is 0. The van der Waals surface area contributed by atoms with Crippen LogP contribution < -0.4 is 9.64 Å². The predicted octanol–water partition coefficient (Wildman–Crippen LogP) is 2.28. The lowest BCUT2D eigenvalue weighted by Gasteiger charge is -2.35. The number of aliphatic hydroxyl groups is 1. The molecule has 2 aromatic carbocycles. The van der Waals surface area contributed by atoms with Gasteiger partial charge in [0.2, 0.25) is 0 Å². The lowest BCUT2D eigenvalue weighted by Crippen LogP contribution is -2.52. The third-order valence-electron chi connectivity index (χ3n) is 8.07. The SMILES string of the molecule is CC1Cc2cc(C(O)=C3C(=O)C(=O)N(CCCN4CCOCC4)C34C(=O)N(C)c3ccccc34)ccc2O1. The minimum absolute atomic E-state index is 0.00923. The maximum Gasteiger partial charge on any atom is 0.296 e. The molecule has 2 aromatic rings. The second-order valence-corrected chi connectivity index (χ2v) is 10.4. The van der Waals surface area contributed by atoms with Crippen molar-refractivity contribution in [2.45, 2.75) is 31.4 Å². The molecule has 9 heteroatoms. The van der Waals surface area contributed by atoms with E-state index >= 15 is 0 Å². The molecule has 198 valence electrons. The fraction of sp³-hybridized carbons (Fsp3) is 0.414. The standard InChI is InChI=1S/C29H31N3O6/c1-18-16-20-17-19(8-9-23(20)38-18)25(33)24-26(34)27(35)32(11-5-10-31-12-14-37-15-13-31)29(24)21-6-3-4-7-22(21)30(2)28(29)36/h3-4,6-9,17-18,33H,5,10-16H2,1-2H3. The van der Waals surface area contributed by atoms with Crippen LogP contribution in [-0.2, 0) is 31.1 Å². The number of likely N-dealkylation sites (N-methyl/N-ethyl adjacent to an activating group) is 1. The second-order valence-electron chi connectivity index (χ2n) is 10.4. The van der Waals surface area contributed by atoms with E-state index in [1.165, 1.54) is 9.80 Å². The molecule has 1 N–H and O–H groups in total. The summed E-state index contributed by atoms with van der Waals surface area (Å²) in [6.45, 7) is 5.79. The highest BCUT2D eigenvalue weighted by molar-refractivity contribution is 6.50. The van der Waals surface area contributed by atoms with Crippen molar-refractivity contribution >= 4 is 29.0 Å². The molecule has 2 atom stereocenters. The number of carbonyl (C=O) groups excluding carboxylic acids is 3. The Bertz CT molecular complexity index is 1360. The van der Waals surface area contributed by atoms with Crippen LogP contribution in [0.3, 0.4) is 0 Å². The number of morpholine rings is 1. The number of hydrogen-bond donors (Lipinski definition) is 1. The molecule has 4 heterocycles. The molecule has 2 saturated heterocycles. The quantitative estimate of drug-likeness (QED) is 0.369. The van der Waals surface area contributed by atoms with Gasteiger partial charge in [-0.05, 0) is 43.2 Å². The summed E-state index contributed by atoms with van der Waals surface area (Å²) in [6, 6.07) is 12.4. The van der Waals surface area contributed by atoms with Crippen LogP contribution in [0.4, 0.5) is 5.69 Å². The highest BCUT2D eigenvalue weighted by atomic mass is 16.5. The summed E-state index contributed by atoms with van der Waals surface area (Å²) in [5.41, 5.74) is 0.523. The Balaban J connectivity index is 1.46. The van der Waals surface area contributed by atoms with Gasteiger partial charge in [0, 0.05) is 56.5 Å². The number of amides is 2. The van der Waals surface area contributed by atoms with E-state index in [1.54, 1.807) is 43.4 Å².